The first-order chi connectivity index (χ1) is 17.8. The van der Waals surface area contributed by atoms with Crippen LogP contribution in [0.3, 0.4) is 0 Å². The molecule has 0 unspecified atom stereocenters. The Hall–Kier alpha value is -2.69. The van der Waals surface area contributed by atoms with Gasteiger partial charge in [0.25, 0.3) is 0 Å². The molecule has 1 fully saturated rings. The Morgan fingerprint density at radius 1 is 0.811 bits per heavy atom. The van der Waals surface area contributed by atoms with E-state index in [1.54, 1.807) is 33.5 Å². The van der Waals surface area contributed by atoms with Crippen LogP contribution >= 0.6 is 0 Å². The summed E-state index contributed by atoms with van der Waals surface area (Å²) in [4.78, 5) is 0.0124. The largest absolute Gasteiger partial charge is 0.493 e. The van der Waals surface area contributed by atoms with E-state index in [0.717, 1.165) is 12.0 Å². The lowest BCUT2D eigenvalue weighted by Gasteiger charge is -2.21. The van der Waals surface area contributed by atoms with Gasteiger partial charge in [0.2, 0.25) is 5.75 Å². The SMILES string of the molecule is CCCOc1cc([C@H]2CC[C@H](c3cc(OC)c(OC)c(OC)c3)O2)cc(S(=O)(=O)CCO)c1OCCC. The first-order valence-corrected chi connectivity index (χ1v) is 14.2. The molecule has 1 N–H and O–H groups in total. The minimum Gasteiger partial charge on any atom is -0.493 e. The molecule has 0 amide bonds. The van der Waals surface area contributed by atoms with Crippen molar-refractivity contribution in [2.75, 3.05) is 46.9 Å². The fourth-order valence-electron chi connectivity index (χ4n) is 4.32. The summed E-state index contributed by atoms with van der Waals surface area (Å²) in [6.45, 7) is 4.17. The molecule has 2 aromatic carbocycles. The quantitative estimate of drug-likeness (QED) is 0.368. The average molecular weight is 539 g/mol. The van der Waals surface area contributed by atoms with Crippen molar-refractivity contribution < 1.29 is 41.9 Å². The van der Waals surface area contributed by atoms with E-state index in [0.29, 0.717) is 61.0 Å². The number of methoxy groups -OCH3 is 3. The highest BCUT2D eigenvalue weighted by Gasteiger charge is 2.32. The first-order valence-electron chi connectivity index (χ1n) is 12.6. The topological polar surface area (TPSA) is 110 Å². The summed E-state index contributed by atoms with van der Waals surface area (Å²) in [5.41, 5.74) is 1.55. The highest BCUT2D eigenvalue weighted by Crippen LogP contribution is 2.48. The molecule has 2 atom stereocenters. The molecule has 1 aliphatic heterocycles. The molecule has 9 nitrogen and oxygen atoms in total. The highest BCUT2D eigenvalue weighted by molar-refractivity contribution is 7.91. The second kappa shape index (κ2) is 13.2. The standard InChI is InChI=1S/C27H38O9S/c1-6-11-34-24-16-19(17-25(27(24)35-12-7-2)37(29,30)13-10-28)21-9-8-20(36-21)18-14-22(31-3)26(33-5)23(15-18)32-4/h14-17,20-21,28H,6-13H2,1-5H3/t20-,21-/m1/s1. The predicted molar refractivity (Wildman–Crippen MR) is 139 cm³/mol. The molecule has 2 aromatic rings. The summed E-state index contributed by atoms with van der Waals surface area (Å²) in [5.74, 6) is 1.72. The van der Waals surface area contributed by atoms with Crippen LogP contribution < -0.4 is 23.7 Å². The molecule has 0 radical (unpaired) electrons. The van der Waals surface area contributed by atoms with E-state index < -0.39 is 22.2 Å². The van der Waals surface area contributed by atoms with Crippen LogP contribution in [-0.2, 0) is 14.6 Å². The summed E-state index contributed by atoms with van der Waals surface area (Å²) < 4.78 is 60.9. The molecule has 1 aliphatic rings. The number of benzene rings is 2. The molecule has 37 heavy (non-hydrogen) atoms. The van der Waals surface area contributed by atoms with Gasteiger partial charge in [-0.2, -0.15) is 0 Å². The third-order valence-corrected chi connectivity index (χ3v) is 7.79. The molecule has 0 aliphatic carbocycles. The maximum Gasteiger partial charge on any atom is 0.203 e. The van der Waals surface area contributed by atoms with Crippen molar-refractivity contribution in [1.29, 1.82) is 0 Å². The summed E-state index contributed by atoms with van der Waals surface area (Å²) in [7, 11) is 0.859. The molecule has 0 spiro atoms. The van der Waals surface area contributed by atoms with Crippen molar-refractivity contribution in [3.8, 4) is 28.7 Å². The molecule has 10 heteroatoms. The van der Waals surface area contributed by atoms with Crippen LogP contribution in [0.1, 0.15) is 62.9 Å². The number of sulfone groups is 1. The van der Waals surface area contributed by atoms with Crippen LogP contribution in [0.5, 0.6) is 28.7 Å². The van der Waals surface area contributed by atoms with Crippen LogP contribution in [0.25, 0.3) is 0 Å². The average Bonchev–Trinajstić information content (AvgIpc) is 3.40. The second-order valence-electron chi connectivity index (χ2n) is 8.74. The third-order valence-electron chi connectivity index (χ3n) is 6.10. The van der Waals surface area contributed by atoms with E-state index in [9.17, 15) is 13.5 Å². The van der Waals surface area contributed by atoms with Crippen molar-refractivity contribution in [2.45, 2.75) is 56.6 Å². The van der Waals surface area contributed by atoms with Gasteiger partial charge in [0.05, 0.1) is 59.1 Å². The Morgan fingerprint density at radius 3 is 1.86 bits per heavy atom. The first kappa shape index (κ1) is 28.9. The van der Waals surface area contributed by atoms with E-state index in [2.05, 4.69) is 0 Å². The van der Waals surface area contributed by atoms with Gasteiger partial charge in [-0.1, -0.05) is 13.8 Å². The van der Waals surface area contributed by atoms with Crippen molar-refractivity contribution in [2.24, 2.45) is 0 Å². The van der Waals surface area contributed by atoms with E-state index in [-0.39, 0.29) is 22.9 Å². The number of hydrogen-bond donors (Lipinski definition) is 1. The Kier molecular flexibility index (Phi) is 10.3. The second-order valence-corrected chi connectivity index (χ2v) is 10.8. The zero-order valence-electron chi connectivity index (χ0n) is 22.2. The lowest BCUT2D eigenvalue weighted by molar-refractivity contribution is 0.0435. The summed E-state index contributed by atoms with van der Waals surface area (Å²) in [5, 5.41) is 9.40. The van der Waals surface area contributed by atoms with Gasteiger partial charge in [-0.3, -0.25) is 0 Å². The number of rotatable bonds is 14. The minimum atomic E-state index is -3.82. The lowest BCUT2D eigenvalue weighted by atomic mass is 10.0. The van der Waals surface area contributed by atoms with Crippen LogP contribution in [0, 0.1) is 0 Å². The number of hydrogen-bond acceptors (Lipinski definition) is 9. The van der Waals surface area contributed by atoms with Crippen LogP contribution in [0.2, 0.25) is 0 Å². The van der Waals surface area contributed by atoms with Gasteiger partial charge in [0, 0.05) is 0 Å². The summed E-state index contributed by atoms with van der Waals surface area (Å²) in [6, 6.07) is 7.13. The van der Waals surface area contributed by atoms with Gasteiger partial charge in [-0.15, -0.1) is 0 Å². The lowest BCUT2D eigenvalue weighted by Crippen LogP contribution is -2.14. The van der Waals surface area contributed by atoms with E-state index >= 15 is 0 Å². The van der Waals surface area contributed by atoms with Gasteiger partial charge < -0.3 is 33.5 Å². The molecule has 0 saturated carbocycles. The Labute approximate surface area is 219 Å². The molecular formula is C27H38O9S. The highest BCUT2D eigenvalue weighted by atomic mass is 32.2. The van der Waals surface area contributed by atoms with Gasteiger partial charge in [0.1, 0.15) is 4.90 Å². The van der Waals surface area contributed by atoms with Crippen LogP contribution in [-0.4, -0.2) is 60.4 Å². The molecule has 1 saturated heterocycles. The van der Waals surface area contributed by atoms with Crippen molar-refractivity contribution in [3.63, 3.8) is 0 Å². The molecule has 1 heterocycles. The molecular weight excluding hydrogens is 500 g/mol. The minimum absolute atomic E-state index is 0.0124. The van der Waals surface area contributed by atoms with Gasteiger partial charge in [0.15, 0.2) is 32.8 Å². The zero-order valence-corrected chi connectivity index (χ0v) is 23.1. The Balaban J connectivity index is 2.01. The van der Waals surface area contributed by atoms with E-state index in [1.165, 1.54) is 0 Å². The fourth-order valence-corrected chi connectivity index (χ4v) is 5.54. The fraction of sp³-hybridized carbons (Fsp3) is 0.556. The zero-order chi connectivity index (χ0) is 27.0. The molecule has 3 rings (SSSR count). The summed E-state index contributed by atoms with van der Waals surface area (Å²) >= 11 is 0. The van der Waals surface area contributed by atoms with Gasteiger partial charge in [-0.25, -0.2) is 8.42 Å². The Morgan fingerprint density at radius 2 is 1.35 bits per heavy atom. The van der Waals surface area contributed by atoms with Crippen molar-refractivity contribution >= 4 is 9.84 Å². The van der Waals surface area contributed by atoms with Gasteiger partial charge >= 0.3 is 0 Å². The monoisotopic (exact) mass is 538 g/mol. The summed E-state index contributed by atoms with van der Waals surface area (Å²) in [6.07, 6.45) is 2.21. The van der Waals surface area contributed by atoms with Crippen molar-refractivity contribution in [3.05, 3.63) is 35.4 Å². The van der Waals surface area contributed by atoms with Crippen LogP contribution in [0.15, 0.2) is 29.2 Å². The maximum atomic E-state index is 13.1. The molecule has 206 valence electrons. The van der Waals surface area contributed by atoms with E-state index in [4.69, 9.17) is 28.4 Å². The van der Waals surface area contributed by atoms with Crippen LogP contribution in [0.4, 0.5) is 0 Å². The van der Waals surface area contributed by atoms with Crippen molar-refractivity contribution in [1.82, 2.24) is 0 Å². The maximum absolute atomic E-state index is 13.1. The number of ether oxygens (including phenoxy) is 6. The molecule has 0 bridgehead atoms. The normalized spacial score (nSPS) is 17.5. The molecule has 0 aromatic heterocycles. The predicted octanol–water partition coefficient (Wildman–Crippen LogP) is 4.65. The Bertz CT molecular complexity index is 1120. The van der Waals surface area contributed by atoms with Gasteiger partial charge in [-0.05, 0) is 61.1 Å². The third kappa shape index (κ3) is 6.61. The number of aliphatic hydroxyl groups is 1. The number of aliphatic hydroxyl groups excluding tert-OH is 1. The van der Waals surface area contributed by atoms with E-state index in [1.807, 2.05) is 26.0 Å². The smallest absolute Gasteiger partial charge is 0.203 e.